The smallest absolute Gasteiger partial charge is 0.247 e. The average Bonchev–Trinajstić information content (AvgIpc) is 2.46. The van der Waals surface area contributed by atoms with Gasteiger partial charge in [-0.2, -0.15) is 10.1 Å². The van der Waals surface area contributed by atoms with Crippen molar-refractivity contribution in [1.29, 1.82) is 0 Å². The number of aryl methyl sites for hydroxylation is 2. The molecule has 1 aliphatic heterocycles. The van der Waals surface area contributed by atoms with Crippen molar-refractivity contribution in [3.8, 4) is 0 Å². The van der Waals surface area contributed by atoms with Gasteiger partial charge in [0, 0.05) is 18.8 Å². The highest BCUT2D eigenvalue weighted by Crippen LogP contribution is 2.22. The molecule has 0 spiro atoms. The lowest BCUT2D eigenvalue weighted by atomic mass is 10.0. The summed E-state index contributed by atoms with van der Waals surface area (Å²) in [5.41, 5.74) is 3.50. The van der Waals surface area contributed by atoms with E-state index in [2.05, 4.69) is 64.4 Å². The van der Waals surface area contributed by atoms with E-state index < -0.39 is 0 Å². The predicted octanol–water partition coefficient (Wildman–Crippen LogP) is 3.47. The summed E-state index contributed by atoms with van der Waals surface area (Å²) in [6, 6.07) is 6.37. The Balaban J connectivity index is 1.78. The van der Waals surface area contributed by atoms with Crippen molar-refractivity contribution in [2.45, 2.75) is 33.6 Å². The summed E-state index contributed by atoms with van der Waals surface area (Å²) in [5, 5.41) is 11.6. The van der Waals surface area contributed by atoms with Gasteiger partial charge in [0.15, 0.2) is 5.82 Å². The lowest BCUT2D eigenvalue weighted by Gasteiger charge is -2.30. The van der Waals surface area contributed by atoms with E-state index in [4.69, 9.17) is 0 Å². The molecule has 2 aromatic rings. The standard InChI is InChI=1S/C17H23N5/c1-12-5-4-6-22(11-12)17-20-16(10-18-21-17)19-15-8-13(2)7-14(3)9-15/h7-10,12H,4-6,11H2,1-3H3,(H,19,20,21). The number of rotatable bonds is 3. The topological polar surface area (TPSA) is 53.9 Å². The third kappa shape index (κ3) is 3.53. The number of nitrogens with one attached hydrogen (secondary N) is 1. The van der Waals surface area contributed by atoms with Crippen molar-refractivity contribution < 1.29 is 0 Å². The molecule has 3 rings (SSSR count). The quantitative estimate of drug-likeness (QED) is 0.940. The zero-order valence-electron chi connectivity index (χ0n) is 13.5. The van der Waals surface area contributed by atoms with E-state index in [1.165, 1.54) is 24.0 Å². The number of hydrogen-bond acceptors (Lipinski definition) is 5. The fourth-order valence-corrected chi connectivity index (χ4v) is 3.05. The second kappa shape index (κ2) is 6.30. The molecule has 1 fully saturated rings. The number of benzene rings is 1. The summed E-state index contributed by atoms with van der Waals surface area (Å²) < 4.78 is 0. The molecule has 1 unspecified atom stereocenters. The van der Waals surface area contributed by atoms with Crippen molar-refractivity contribution in [2.24, 2.45) is 5.92 Å². The fraction of sp³-hybridized carbons (Fsp3) is 0.471. The van der Waals surface area contributed by atoms with Gasteiger partial charge in [-0.05, 0) is 55.9 Å². The molecule has 0 aliphatic carbocycles. The summed E-state index contributed by atoms with van der Waals surface area (Å²) in [6.07, 6.45) is 4.15. The molecule has 1 N–H and O–H groups in total. The summed E-state index contributed by atoms with van der Waals surface area (Å²) >= 11 is 0. The Morgan fingerprint density at radius 1 is 1.18 bits per heavy atom. The molecule has 2 heterocycles. The van der Waals surface area contributed by atoms with Crippen LogP contribution in [0.4, 0.5) is 17.5 Å². The predicted molar refractivity (Wildman–Crippen MR) is 89.6 cm³/mol. The summed E-state index contributed by atoms with van der Waals surface area (Å²) in [5.74, 6) is 2.16. The molecule has 1 aromatic heterocycles. The lowest BCUT2D eigenvalue weighted by Crippen LogP contribution is -2.35. The monoisotopic (exact) mass is 297 g/mol. The van der Waals surface area contributed by atoms with E-state index in [0.717, 1.165) is 30.5 Å². The van der Waals surface area contributed by atoms with Crippen molar-refractivity contribution in [3.05, 3.63) is 35.5 Å². The zero-order chi connectivity index (χ0) is 15.5. The van der Waals surface area contributed by atoms with E-state index in [-0.39, 0.29) is 0 Å². The Morgan fingerprint density at radius 2 is 1.95 bits per heavy atom. The molecule has 0 radical (unpaired) electrons. The van der Waals surface area contributed by atoms with Crippen LogP contribution >= 0.6 is 0 Å². The van der Waals surface area contributed by atoms with Gasteiger partial charge in [-0.15, -0.1) is 5.10 Å². The minimum Gasteiger partial charge on any atom is -0.339 e. The third-order valence-electron chi connectivity index (χ3n) is 3.98. The van der Waals surface area contributed by atoms with E-state index in [1.807, 2.05) is 0 Å². The molecular weight excluding hydrogens is 274 g/mol. The molecule has 116 valence electrons. The van der Waals surface area contributed by atoms with Gasteiger partial charge in [0.1, 0.15) is 0 Å². The third-order valence-corrected chi connectivity index (χ3v) is 3.98. The van der Waals surface area contributed by atoms with Gasteiger partial charge in [0.05, 0.1) is 6.20 Å². The number of piperidine rings is 1. The lowest BCUT2D eigenvalue weighted by molar-refractivity contribution is 0.441. The maximum Gasteiger partial charge on any atom is 0.247 e. The second-order valence-corrected chi connectivity index (χ2v) is 6.34. The number of nitrogens with zero attached hydrogens (tertiary/aromatic N) is 4. The van der Waals surface area contributed by atoms with Crippen molar-refractivity contribution >= 4 is 17.5 Å². The molecule has 0 bridgehead atoms. The normalized spacial score (nSPS) is 18.3. The van der Waals surface area contributed by atoms with Crippen LogP contribution in [0.3, 0.4) is 0 Å². The van der Waals surface area contributed by atoms with Gasteiger partial charge >= 0.3 is 0 Å². The molecule has 5 heteroatoms. The van der Waals surface area contributed by atoms with Crippen LogP contribution in [0.15, 0.2) is 24.4 Å². The van der Waals surface area contributed by atoms with Gasteiger partial charge in [0.25, 0.3) is 0 Å². The van der Waals surface area contributed by atoms with Crippen LogP contribution in [0.5, 0.6) is 0 Å². The van der Waals surface area contributed by atoms with E-state index >= 15 is 0 Å². The van der Waals surface area contributed by atoms with E-state index in [0.29, 0.717) is 5.92 Å². The summed E-state index contributed by atoms with van der Waals surface area (Å²) in [7, 11) is 0. The van der Waals surface area contributed by atoms with Crippen LogP contribution in [0.2, 0.25) is 0 Å². The van der Waals surface area contributed by atoms with Crippen molar-refractivity contribution in [2.75, 3.05) is 23.3 Å². The Morgan fingerprint density at radius 3 is 2.68 bits per heavy atom. The van der Waals surface area contributed by atoms with Crippen LogP contribution in [-0.2, 0) is 0 Å². The number of aromatic nitrogens is 3. The minimum absolute atomic E-state index is 0.688. The van der Waals surface area contributed by atoms with Gasteiger partial charge in [-0.1, -0.05) is 13.0 Å². The molecule has 1 aliphatic rings. The SMILES string of the molecule is Cc1cc(C)cc(Nc2cnnc(N3CCCC(C)C3)n2)c1. The number of hydrogen-bond donors (Lipinski definition) is 1. The van der Waals surface area contributed by atoms with Gasteiger partial charge < -0.3 is 10.2 Å². The maximum absolute atomic E-state index is 4.63. The van der Waals surface area contributed by atoms with Crippen molar-refractivity contribution in [3.63, 3.8) is 0 Å². The van der Waals surface area contributed by atoms with Crippen molar-refractivity contribution in [1.82, 2.24) is 15.2 Å². The van der Waals surface area contributed by atoms with Crippen LogP contribution in [-0.4, -0.2) is 28.3 Å². The molecule has 1 aromatic carbocycles. The zero-order valence-corrected chi connectivity index (χ0v) is 13.5. The van der Waals surface area contributed by atoms with Crippen LogP contribution in [0.1, 0.15) is 30.9 Å². The second-order valence-electron chi connectivity index (χ2n) is 6.34. The average molecular weight is 297 g/mol. The summed E-state index contributed by atoms with van der Waals surface area (Å²) in [4.78, 5) is 6.86. The fourth-order valence-electron chi connectivity index (χ4n) is 3.05. The first-order valence-corrected chi connectivity index (χ1v) is 7.90. The molecule has 1 atom stereocenters. The highest BCUT2D eigenvalue weighted by atomic mass is 15.3. The molecule has 22 heavy (non-hydrogen) atoms. The Labute approximate surface area is 131 Å². The van der Waals surface area contributed by atoms with E-state index in [1.54, 1.807) is 6.20 Å². The van der Waals surface area contributed by atoms with Crippen LogP contribution in [0, 0.1) is 19.8 Å². The maximum atomic E-state index is 4.63. The first-order valence-electron chi connectivity index (χ1n) is 7.90. The highest BCUT2D eigenvalue weighted by Gasteiger charge is 2.19. The molecule has 0 saturated carbocycles. The number of anilines is 3. The minimum atomic E-state index is 0.688. The largest absolute Gasteiger partial charge is 0.339 e. The van der Waals surface area contributed by atoms with Gasteiger partial charge in [-0.25, -0.2) is 0 Å². The van der Waals surface area contributed by atoms with E-state index in [9.17, 15) is 0 Å². The molecule has 1 saturated heterocycles. The Kier molecular flexibility index (Phi) is 4.22. The molecule has 5 nitrogen and oxygen atoms in total. The molecule has 0 amide bonds. The van der Waals surface area contributed by atoms with Crippen LogP contribution in [0.25, 0.3) is 0 Å². The Hall–Kier alpha value is -2.17. The van der Waals surface area contributed by atoms with Crippen LogP contribution < -0.4 is 10.2 Å². The summed E-state index contributed by atoms with van der Waals surface area (Å²) in [6.45, 7) is 8.48. The Bertz CT molecular complexity index is 635. The van der Waals surface area contributed by atoms with Gasteiger partial charge in [-0.3, -0.25) is 0 Å². The first-order chi connectivity index (χ1) is 10.6. The van der Waals surface area contributed by atoms with Gasteiger partial charge in [0.2, 0.25) is 5.95 Å². The first kappa shape index (κ1) is 14.8. The highest BCUT2D eigenvalue weighted by molar-refractivity contribution is 5.58. The molecular formula is C17H23N5.